The molecule has 20 heavy (non-hydrogen) atoms. The molecule has 0 aliphatic carbocycles. The van der Waals surface area contributed by atoms with Gasteiger partial charge in [-0.05, 0) is 12.1 Å². The van der Waals surface area contributed by atoms with Gasteiger partial charge in [0.05, 0.1) is 11.6 Å². The summed E-state index contributed by atoms with van der Waals surface area (Å²) in [5.41, 5.74) is 5.93. The summed E-state index contributed by atoms with van der Waals surface area (Å²) in [6.45, 7) is -0.105. The van der Waals surface area contributed by atoms with Crippen LogP contribution in [0.15, 0.2) is 34.0 Å². The fourth-order valence-electron chi connectivity index (χ4n) is 1.38. The summed E-state index contributed by atoms with van der Waals surface area (Å²) in [6.07, 6.45) is 1.10. The fraction of sp³-hybridized carbons (Fsp3) is 0.100. The lowest BCUT2D eigenvalue weighted by Crippen LogP contribution is -2.24. The normalized spacial score (nSPS) is 11.4. The average molecular weight is 333 g/mol. The number of hydrogen-bond acceptors (Lipinski definition) is 6. The zero-order valence-corrected chi connectivity index (χ0v) is 12.3. The Morgan fingerprint density at radius 1 is 1.50 bits per heavy atom. The Labute approximate surface area is 125 Å². The van der Waals surface area contributed by atoms with Gasteiger partial charge in [0.2, 0.25) is 16.4 Å². The second kappa shape index (κ2) is 5.83. The molecule has 7 nitrogen and oxygen atoms in total. The van der Waals surface area contributed by atoms with E-state index in [2.05, 4.69) is 19.4 Å². The molecule has 0 aliphatic rings. The second-order valence-electron chi connectivity index (χ2n) is 3.68. The van der Waals surface area contributed by atoms with Gasteiger partial charge in [-0.25, -0.2) is 13.1 Å². The number of thiocarbonyl (C=S) groups is 1. The highest BCUT2D eigenvalue weighted by Gasteiger charge is 2.19. The molecule has 0 radical (unpaired) electrons. The van der Waals surface area contributed by atoms with Crippen LogP contribution in [0, 0.1) is 0 Å². The zero-order valence-electron chi connectivity index (χ0n) is 9.91. The first kappa shape index (κ1) is 14.9. The molecule has 0 bridgehead atoms. The van der Waals surface area contributed by atoms with Crippen LogP contribution >= 0.6 is 23.8 Å². The third kappa shape index (κ3) is 3.31. The smallest absolute Gasteiger partial charge is 0.242 e. The SMILES string of the molecule is NC(=S)c1ccc(S(=O)(=O)NCc2ncon2)c(Cl)c1. The van der Waals surface area contributed by atoms with Crippen LogP contribution < -0.4 is 10.5 Å². The van der Waals surface area contributed by atoms with Crippen LogP contribution in [0.1, 0.15) is 11.4 Å². The molecular formula is C10H9ClN4O3S2. The monoisotopic (exact) mass is 332 g/mol. The quantitative estimate of drug-likeness (QED) is 0.780. The van der Waals surface area contributed by atoms with Crippen molar-refractivity contribution in [1.82, 2.24) is 14.9 Å². The number of nitrogens with two attached hydrogens (primary N) is 1. The van der Waals surface area contributed by atoms with E-state index in [0.29, 0.717) is 5.56 Å². The first-order valence-electron chi connectivity index (χ1n) is 5.24. The van der Waals surface area contributed by atoms with Crippen molar-refractivity contribution < 1.29 is 12.9 Å². The minimum Gasteiger partial charge on any atom is -0.389 e. The van der Waals surface area contributed by atoms with E-state index in [1.165, 1.54) is 18.2 Å². The molecule has 0 fully saturated rings. The predicted molar refractivity (Wildman–Crippen MR) is 75.7 cm³/mol. The van der Waals surface area contributed by atoms with Gasteiger partial charge >= 0.3 is 0 Å². The average Bonchev–Trinajstić information content (AvgIpc) is 2.89. The number of hydrogen-bond donors (Lipinski definition) is 2. The number of rotatable bonds is 5. The largest absolute Gasteiger partial charge is 0.389 e. The topological polar surface area (TPSA) is 111 Å². The molecule has 0 amide bonds. The molecule has 0 unspecified atom stereocenters. The van der Waals surface area contributed by atoms with Crippen molar-refractivity contribution in [2.75, 3.05) is 0 Å². The van der Waals surface area contributed by atoms with Crippen molar-refractivity contribution in [2.24, 2.45) is 5.73 Å². The first-order chi connectivity index (χ1) is 9.40. The van der Waals surface area contributed by atoms with E-state index in [4.69, 9.17) is 29.6 Å². The molecule has 3 N–H and O–H groups in total. The van der Waals surface area contributed by atoms with E-state index >= 15 is 0 Å². The Kier molecular flexibility index (Phi) is 4.33. The molecule has 106 valence electrons. The molecule has 0 spiro atoms. The van der Waals surface area contributed by atoms with E-state index in [9.17, 15) is 8.42 Å². The maximum atomic E-state index is 12.1. The number of sulfonamides is 1. The molecule has 0 saturated heterocycles. The van der Waals surface area contributed by atoms with E-state index in [1.54, 1.807) is 0 Å². The molecule has 1 heterocycles. The Morgan fingerprint density at radius 3 is 2.80 bits per heavy atom. The highest BCUT2D eigenvalue weighted by Crippen LogP contribution is 2.22. The second-order valence-corrected chi connectivity index (χ2v) is 6.26. The van der Waals surface area contributed by atoms with Gasteiger partial charge in [-0.1, -0.05) is 35.0 Å². The minimum atomic E-state index is -3.80. The van der Waals surface area contributed by atoms with Gasteiger partial charge in [-0.3, -0.25) is 0 Å². The van der Waals surface area contributed by atoms with Crippen LogP contribution in [0.3, 0.4) is 0 Å². The van der Waals surface area contributed by atoms with Crippen LogP contribution in [0.25, 0.3) is 0 Å². The van der Waals surface area contributed by atoms with Crippen LogP contribution in [0.5, 0.6) is 0 Å². The van der Waals surface area contributed by atoms with Crippen LogP contribution in [0.2, 0.25) is 5.02 Å². The van der Waals surface area contributed by atoms with E-state index in [0.717, 1.165) is 6.39 Å². The van der Waals surface area contributed by atoms with E-state index in [1.807, 2.05) is 0 Å². The van der Waals surface area contributed by atoms with Gasteiger partial charge in [0.25, 0.3) is 0 Å². The lowest BCUT2D eigenvalue weighted by molar-refractivity contribution is 0.409. The van der Waals surface area contributed by atoms with E-state index < -0.39 is 10.0 Å². The summed E-state index contributed by atoms with van der Waals surface area (Å²) in [6, 6.07) is 4.21. The Morgan fingerprint density at radius 2 is 2.25 bits per heavy atom. The molecule has 0 aliphatic heterocycles. The van der Waals surface area contributed by atoms with Gasteiger partial charge in [0.1, 0.15) is 9.88 Å². The maximum Gasteiger partial charge on any atom is 0.242 e. The summed E-state index contributed by atoms with van der Waals surface area (Å²) < 4.78 is 31.0. The summed E-state index contributed by atoms with van der Waals surface area (Å²) >= 11 is 10.7. The van der Waals surface area contributed by atoms with Crippen molar-refractivity contribution in [3.05, 3.63) is 41.0 Å². The molecular weight excluding hydrogens is 324 g/mol. The highest BCUT2D eigenvalue weighted by atomic mass is 35.5. The van der Waals surface area contributed by atoms with E-state index in [-0.39, 0.29) is 27.3 Å². The number of nitrogens with zero attached hydrogens (tertiary/aromatic N) is 2. The maximum absolute atomic E-state index is 12.1. The number of benzene rings is 1. The first-order valence-corrected chi connectivity index (χ1v) is 7.51. The molecule has 1 aromatic heterocycles. The van der Waals surface area contributed by atoms with Gasteiger partial charge in [0.15, 0.2) is 5.82 Å². The lowest BCUT2D eigenvalue weighted by atomic mass is 10.2. The predicted octanol–water partition coefficient (Wildman–Crippen LogP) is 0.836. The third-order valence-electron chi connectivity index (χ3n) is 2.33. The van der Waals surface area contributed by atoms with Crippen LogP contribution in [-0.2, 0) is 16.6 Å². The Bertz CT molecular complexity index is 731. The van der Waals surface area contributed by atoms with Gasteiger partial charge < -0.3 is 10.3 Å². The summed E-state index contributed by atoms with van der Waals surface area (Å²) in [7, 11) is -3.80. The number of nitrogens with one attached hydrogen (secondary N) is 1. The number of aromatic nitrogens is 2. The van der Waals surface area contributed by atoms with Crippen molar-refractivity contribution in [3.8, 4) is 0 Å². The molecule has 10 heteroatoms. The molecule has 2 rings (SSSR count). The van der Waals surface area contributed by atoms with Gasteiger partial charge in [0, 0.05) is 5.56 Å². The molecule has 1 aromatic carbocycles. The fourth-order valence-corrected chi connectivity index (χ4v) is 3.03. The summed E-state index contributed by atoms with van der Waals surface area (Å²) in [4.78, 5) is 3.76. The Balaban J connectivity index is 2.23. The number of halogens is 1. The molecule has 2 aromatic rings. The van der Waals surface area contributed by atoms with Crippen molar-refractivity contribution in [3.63, 3.8) is 0 Å². The zero-order chi connectivity index (χ0) is 14.8. The van der Waals surface area contributed by atoms with Crippen LogP contribution in [0.4, 0.5) is 0 Å². The van der Waals surface area contributed by atoms with Gasteiger partial charge in [-0.15, -0.1) is 0 Å². The molecule has 0 atom stereocenters. The van der Waals surface area contributed by atoms with Crippen molar-refractivity contribution in [2.45, 2.75) is 11.4 Å². The Hall–Kier alpha value is -1.55. The lowest BCUT2D eigenvalue weighted by Gasteiger charge is -2.08. The van der Waals surface area contributed by atoms with Crippen molar-refractivity contribution in [1.29, 1.82) is 0 Å². The summed E-state index contributed by atoms with van der Waals surface area (Å²) in [5.74, 6) is 0.212. The minimum absolute atomic E-state index is 0.0240. The summed E-state index contributed by atoms with van der Waals surface area (Å²) in [5, 5.41) is 3.52. The molecule has 0 saturated carbocycles. The highest BCUT2D eigenvalue weighted by molar-refractivity contribution is 7.89. The standard InChI is InChI=1S/C10H9ClN4O3S2/c11-7-3-6(10(12)19)1-2-8(7)20(16,17)14-4-9-13-5-18-15-9/h1-3,5,14H,4H2,(H2,12,19). The third-order valence-corrected chi connectivity index (χ3v) is 4.45. The van der Waals surface area contributed by atoms with Crippen LogP contribution in [-0.4, -0.2) is 23.5 Å². The van der Waals surface area contributed by atoms with Crippen molar-refractivity contribution >= 4 is 38.8 Å². The van der Waals surface area contributed by atoms with Gasteiger partial charge in [-0.2, -0.15) is 4.98 Å².